The van der Waals surface area contributed by atoms with E-state index in [1.165, 1.54) is 26.2 Å². The number of benzene rings is 1. The second kappa shape index (κ2) is 5.65. The topological polar surface area (TPSA) is 69.4 Å². The maximum Gasteiger partial charge on any atom is 0.151 e. The third-order valence-corrected chi connectivity index (χ3v) is 5.08. The summed E-state index contributed by atoms with van der Waals surface area (Å²) in [6.45, 7) is 1.54. The zero-order chi connectivity index (χ0) is 14.1. The zero-order valence-corrected chi connectivity index (χ0v) is 12.6. The summed E-state index contributed by atoms with van der Waals surface area (Å²) in [5.41, 5.74) is 6.41. The standard InChI is InChI=1S/C11H15Cl2NO3S/c1-6(18(3,15)16)11(14)7-4-9(13)10(17-2)5-8(7)12/h4-6,11H,14H2,1-3H3. The number of ether oxygens (including phenoxy) is 1. The van der Waals surface area contributed by atoms with Gasteiger partial charge in [0.05, 0.1) is 17.4 Å². The van der Waals surface area contributed by atoms with Crippen LogP contribution in [0.3, 0.4) is 0 Å². The van der Waals surface area contributed by atoms with Gasteiger partial charge in [-0.25, -0.2) is 8.42 Å². The average Bonchev–Trinajstić information content (AvgIpc) is 2.28. The molecule has 0 spiro atoms. The van der Waals surface area contributed by atoms with Crippen molar-refractivity contribution < 1.29 is 13.2 Å². The minimum absolute atomic E-state index is 0.333. The maximum absolute atomic E-state index is 11.5. The lowest BCUT2D eigenvalue weighted by Gasteiger charge is -2.20. The summed E-state index contributed by atoms with van der Waals surface area (Å²) in [6.07, 6.45) is 1.14. The Morgan fingerprint density at radius 2 is 1.83 bits per heavy atom. The predicted molar refractivity (Wildman–Crippen MR) is 74.2 cm³/mol. The van der Waals surface area contributed by atoms with Crippen LogP contribution in [0.4, 0.5) is 0 Å². The fourth-order valence-electron chi connectivity index (χ4n) is 1.48. The molecule has 1 aromatic carbocycles. The van der Waals surface area contributed by atoms with Crippen LogP contribution in [-0.4, -0.2) is 27.0 Å². The molecule has 0 saturated heterocycles. The summed E-state index contributed by atoms with van der Waals surface area (Å²) in [6, 6.07) is 2.32. The largest absolute Gasteiger partial charge is 0.495 e. The molecule has 2 unspecified atom stereocenters. The number of nitrogens with two attached hydrogens (primary N) is 1. The van der Waals surface area contributed by atoms with Gasteiger partial charge in [-0.15, -0.1) is 0 Å². The number of halogens is 2. The van der Waals surface area contributed by atoms with E-state index < -0.39 is 21.1 Å². The lowest BCUT2D eigenvalue weighted by molar-refractivity contribution is 0.414. The minimum atomic E-state index is -3.25. The Balaban J connectivity index is 3.22. The first-order chi connectivity index (χ1) is 8.18. The van der Waals surface area contributed by atoms with Crippen molar-refractivity contribution in [1.82, 2.24) is 0 Å². The van der Waals surface area contributed by atoms with E-state index in [4.69, 9.17) is 33.7 Å². The van der Waals surface area contributed by atoms with Crippen LogP contribution >= 0.6 is 23.2 Å². The van der Waals surface area contributed by atoms with Crippen LogP contribution in [0.5, 0.6) is 5.75 Å². The smallest absolute Gasteiger partial charge is 0.151 e. The van der Waals surface area contributed by atoms with Crippen molar-refractivity contribution in [3.05, 3.63) is 27.7 Å². The highest BCUT2D eigenvalue weighted by molar-refractivity contribution is 7.91. The van der Waals surface area contributed by atoms with Gasteiger partial charge in [-0.05, 0) is 18.6 Å². The van der Waals surface area contributed by atoms with Gasteiger partial charge < -0.3 is 10.5 Å². The Hall–Kier alpha value is -0.490. The van der Waals surface area contributed by atoms with E-state index in [0.29, 0.717) is 21.4 Å². The second-order valence-corrected chi connectivity index (χ2v) is 7.29. The molecule has 7 heteroatoms. The lowest BCUT2D eigenvalue weighted by Crippen LogP contribution is -2.30. The Kier molecular flexibility index (Phi) is 4.89. The fraction of sp³-hybridized carbons (Fsp3) is 0.455. The van der Waals surface area contributed by atoms with Gasteiger partial charge in [0.25, 0.3) is 0 Å². The molecule has 0 aliphatic carbocycles. The molecule has 0 heterocycles. The van der Waals surface area contributed by atoms with E-state index >= 15 is 0 Å². The Morgan fingerprint density at radius 1 is 1.28 bits per heavy atom. The minimum Gasteiger partial charge on any atom is -0.495 e. The molecule has 0 fully saturated rings. The number of rotatable bonds is 4. The first kappa shape index (κ1) is 15.6. The molecular weight excluding hydrogens is 297 g/mol. The number of sulfone groups is 1. The van der Waals surface area contributed by atoms with Crippen molar-refractivity contribution in [2.45, 2.75) is 18.2 Å². The highest BCUT2D eigenvalue weighted by atomic mass is 35.5. The van der Waals surface area contributed by atoms with E-state index in [-0.39, 0.29) is 0 Å². The van der Waals surface area contributed by atoms with Gasteiger partial charge in [-0.2, -0.15) is 0 Å². The number of hydrogen-bond acceptors (Lipinski definition) is 4. The monoisotopic (exact) mass is 311 g/mol. The molecule has 18 heavy (non-hydrogen) atoms. The molecule has 1 rings (SSSR count). The highest BCUT2D eigenvalue weighted by Gasteiger charge is 2.26. The van der Waals surface area contributed by atoms with Gasteiger partial charge in [0.2, 0.25) is 0 Å². The van der Waals surface area contributed by atoms with Crippen molar-refractivity contribution >= 4 is 33.0 Å². The van der Waals surface area contributed by atoms with Crippen LogP contribution in [0.1, 0.15) is 18.5 Å². The lowest BCUT2D eigenvalue weighted by atomic mass is 10.0. The fourth-order valence-corrected chi connectivity index (χ4v) is 2.68. The molecule has 2 atom stereocenters. The maximum atomic E-state index is 11.5. The van der Waals surface area contributed by atoms with Crippen LogP contribution < -0.4 is 10.5 Å². The van der Waals surface area contributed by atoms with Gasteiger partial charge in [0, 0.05) is 23.4 Å². The van der Waals surface area contributed by atoms with Crippen LogP contribution in [-0.2, 0) is 9.84 Å². The van der Waals surface area contributed by atoms with Crippen molar-refractivity contribution in [1.29, 1.82) is 0 Å². The molecule has 102 valence electrons. The van der Waals surface area contributed by atoms with Gasteiger partial charge >= 0.3 is 0 Å². The molecule has 0 aliphatic heterocycles. The zero-order valence-electron chi connectivity index (χ0n) is 10.3. The van der Waals surface area contributed by atoms with Crippen molar-refractivity contribution in [2.75, 3.05) is 13.4 Å². The Labute approximate surface area is 117 Å². The predicted octanol–water partition coefficient (Wildman–Crippen LogP) is 2.43. The first-order valence-electron chi connectivity index (χ1n) is 5.16. The summed E-state index contributed by atoms with van der Waals surface area (Å²) in [4.78, 5) is 0. The van der Waals surface area contributed by atoms with Gasteiger partial charge in [0.15, 0.2) is 9.84 Å². The van der Waals surface area contributed by atoms with E-state index in [1.807, 2.05) is 0 Å². The molecule has 0 saturated carbocycles. The summed E-state index contributed by atoms with van der Waals surface area (Å²) in [5.74, 6) is 0.421. The summed E-state index contributed by atoms with van der Waals surface area (Å²) in [5, 5.41) is -0.0771. The molecule has 2 N–H and O–H groups in total. The number of hydrogen-bond donors (Lipinski definition) is 1. The van der Waals surface area contributed by atoms with Gasteiger partial charge in [-0.3, -0.25) is 0 Å². The van der Waals surface area contributed by atoms with Crippen LogP contribution in [0.2, 0.25) is 10.0 Å². The normalized spacial score (nSPS) is 15.2. The molecule has 0 bridgehead atoms. The molecule has 0 radical (unpaired) electrons. The van der Waals surface area contributed by atoms with Crippen LogP contribution in [0, 0.1) is 0 Å². The van der Waals surface area contributed by atoms with E-state index in [9.17, 15) is 8.42 Å². The van der Waals surface area contributed by atoms with E-state index in [0.717, 1.165) is 6.26 Å². The third kappa shape index (κ3) is 3.29. The first-order valence-corrected chi connectivity index (χ1v) is 7.87. The molecule has 1 aromatic rings. The Morgan fingerprint density at radius 3 is 2.28 bits per heavy atom. The quantitative estimate of drug-likeness (QED) is 0.927. The Bertz CT molecular complexity index is 545. The molecule has 0 aromatic heterocycles. The molecule has 0 aliphatic rings. The van der Waals surface area contributed by atoms with Gasteiger partial charge in [0.1, 0.15) is 5.75 Å². The highest BCUT2D eigenvalue weighted by Crippen LogP contribution is 2.35. The molecule has 0 amide bonds. The summed E-state index contributed by atoms with van der Waals surface area (Å²) >= 11 is 12.0. The summed E-state index contributed by atoms with van der Waals surface area (Å²) < 4.78 is 28.0. The SMILES string of the molecule is COc1cc(Cl)c(C(N)C(C)S(C)(=O)=O)cc1Cl. The van der Waals surface area contributed by atoms with Gasteiger partial charge in [-0.1, -0.05) is 23.2 Å². The van der Waals surface area contributed by atoms with E-state index in [1.54, 1.807) is 0 Å². The second-order valence-electron chi connectivity index (χ2n) is 4.07. The van der Waals surface area contributed by atoms with Crippen LogP contribution in [0.25, 0.3) is 0 Å². The van der Waals surface area contributed by atoms with E-state index in [2.05, 4.69) is 0 Å². The number of methoxy groups -OCH3 is 1. The molecule has 4 nitrogen and oxygen atoms in total. The molecular formula is C11H15Cl2NO3S. The third-order valence-electron chi connectivity index (χ3n) is 2.81. The van der Waals surface area contributed by atoms with Crippen molar-refractivity contribution in [2.24, 2.45) is 5.73 Å². The summed E-state index contributed by atoms with van der Waals surface area (Å²) in [7, 11) is -1.78. The van der Waals surface area contributed by atoms with Crippen LogP contribution in [0.15, 0.2) is 12.1 Å². The van der Waals surface area contributed by atoms with Crippen molar-refractivity contribution in [3.63, 3.8) is 0 Å². The van der Waals surface area contributed by atoms with Crippen molar-refractivity contribution in [3.8, 4) is 5.75 Å². The average molecular weight is 312 g/mol.